The predicted molar refractivity (Wildman–Crippen MR) is 66.6 cm³/mol. The van der Waals surface area contributed by atoms with Gasteiger partial charge in [0.15, 0.2) is 5.37 Å². The van der Waals surface area contributed by atoms with Gasteiger partial charge in [-0.3, -0.25) is 0 Å². The maximum Gasteiger partial charge on any atom is 0.230 e. The Bertz CT molecular complexity index is 342. The summed E-state index contributed by atoms with van der Waals surface area (Å²) >= 11 is 1.97. The van der Waals surface area contributed by atoms with E-state index in [1.807, 2.05) is 16.9 Å². The fraction of sp³-hybridized carbons (Fsp3) is 0.643. The maximum absolute atomic E-state index is 2.35. The van der Waals surface area contributed by atoms with Gasteiger partial charge in [0.25, 0.3) is 0 Å². The Labute approximate surface area is 95.4 Å². The zero-order valence-electron chi connectivity index (χ0n) is 8.99. The molecule has 0 spiro atoms. The average Bonchev–Trinajstić information content (AvgIpc) is 2.69. The minimum absolute atomic E-state index is 0.972. The van der Waals surface area contributed by atoms with Gasteiger partial charge in [-0.1, -0.05) is 0 Å². The first-order valence-corrected chi connectivity index (χ1v) is 7.18. The van der Waals surface area contributed by atoms with E-state index >= 15 is 0 Å². The van der Waals surface area contributed by atoms with E-state index in [-0.39, 0.29) is 0 Å². The van der Waals surface area contributed by atoms with Crippen LogP contribution in [0.3, 0.4) is 0 Å². The second-order valence-electron chi connectivity index (χ2n) is 5.74. The second kappa shape index (κ2) is 3.04. The molecule has 4 fully saturated rings. The SMILES string of the molecule is C1=CC(=C2C3CC4CC(C3)CC2C4)[S+]=C1. The van der Waals surface area contributed by atoms with E-state index in [0.717, 1.165) is 23.7 Å². The Morgan fingerprint density at radius 2 is 1.60 bits per heavy atom. The lowest BCUT2D eigenvalue weighted by atomic mass is 9.54. The van der Waals surface area contributed by atoms with E-state index in [1.54, 1.807) is 11.3 Å². The van der Waals surface area contributed by atoms with Crippen LogP contribution in [0.4, 0.5) is 0 Å². The van der Waals surface area contributed by atoms with Crippen LogP contribution in [-0.4, -0.2) is 5.37 Å². The van der Waals surface area contributed by atoms with E-state index in [0.29, 0.717) is 0 Å². The number of allylic oxidation sites excluding steroid dienone is 3. The van der Waals surface area contributed by atoms with E-state index < -0.39 is 0 Å². The van der Waals surface area contributed by atoms with Crippen LogP contribution >= 0.6 is 0 Å². The zero-order valence-corrected chi connectivity index (χ0v) is 9.80. The van der Waals surface area contributed by atoms with Crippen LogP contribution in [0.25, 0.3) is 0 Å². The molecule has 0 aromatic rings. The van der Waals surface area contributed by atoms with Gasteiger partial charge in [-0.05, 0) is 55.8 Å². The molecule has 4 saturated carbocycles. The van der Waals surface area contributed by atoms with E-state index in [9.17, 15) is 0 Å². The minimum Gasteiger partial charge on any atom is -0.0475 e. The van der Waals surface area contributed by atoms with Crippen molar-refractivity contribution in [1.29, 1.82) is 0 Å². The largest absolute Gasteiger partial charge is 0.230 e. The van der Waals surface area contributed by atoms with Crippen LogP contribution in [0.2, 0.25) is 0 Å². The Hall–Kier alpha value is -0.430. The van der Waals surface area contributed by atoms with Crippen molar-refractivity contribution in [2.75, 3.05) is 0 Å². The Morgan fingerprint density at radius 1 is 0.933 bits per heavy atom. The first-order valence-electron chi connectivity index (χ1n) is 6.31. The second-order valence-corrected chi connectivity index (χ2v) is 6.68. The van der Waals surface area contributed by atoms with Crippen molar-refractivity contribution in [3.05, 3.63) is 22.6 Å². The molecule has 4 aliphatic carbocycles. The highest BCUT2D eigenvalue weighted by molar-refractivity contribution is 7.82. The quantitative estimate of drug-likeness (QED) is 0.432. The van der Waals surface area contributed by atoms with Crippen LogP contribution in [0.1, 0.15) is 32.1 Å². The third-order valence-corrected chi connectivity index (χ3v) is 5.74. The maximum atomic E-state index is 2.35. The van der Waals surface area contributed by atoms with Crippen LogP contribution < -0.4 is 0 Å². The fourth-order valence-corrected chi connectivity index (χ4v) is 5.47. The lowest BCUT2D eigenvalue weighted by Crippen LogP contribution is -2.40. The standard InChI is InChI=1S/C14H17S/c1-2-13(15-3-1)14-11-5-9-4-10(7-11)8-12(14)6-9/h1-3,9-12H,4-8H2/q+1. The van der Waals surface area contributed by atoms with E-state index in [1.165, 1.54) is 25.7 Å². The van der Waals surface area contributed by atoms with Gasteiger partial charge >= 0.3 is 0 Å². The third-order valence-electron chi connectivity index (χ3n) is 4.82. The summed E-state index contributed by atoms with van der Waals surface area (Å²) in [5.41, 5.74) is 1.86. The minimum atomic E-state index is 0.972. The molecule has 15 heavy (non-hydrogen) atoms. The number of rotatable bonds is 0. The monoisotopic (exact) mass is 217 g/mol. The Morgan fingerprint density at radius 3 is 2.13 bits per heavy atom. The lowest BCUT2D eigenvalue weighted by molar-refractivity contribution is 0.0694. The molecule has 0 aromatic heterocycles. The van der Waals surface area contributed by atoms with Crippen molar-refractivity contribution < 1.29 is 0 Å². The van der Waals surface area contributed by atoms with Crippen molar-refractivity contribution in [2.45, 2.75) is 32.1 Å². The van der Waals surface area contributed by atoms with Crippen molar-refractivity contribution >= 4 is 16.7 Å². The molecule has 1 aliphatic heterocycles. The van der Waals surface area contributed by atoms with Crippen molar-refractivity contribution in [3.8, 4) is 0 Å². The van der Waals surface area contributed by atoms with Gasteiger partial charge in [-0.25, -0.2) is 0 Å². The summed E-state index contributed by atoms with van der Waals surface area (Å²) in [6.07, 6.45) is 12.2. The molecule has 5 aliphatic rings. The van der Waals surface area contributed by atoms with Gasteiger partial charge in [0.2, 0.25) is 16.3 Å². The first kappa shape index (κ1) is 8.69. The zero-order chi connectivity index (χ0) is 9.83. The summed E-state index contributed by atoms with van der Waals surface area (Å²) in [6, 6.07) is 0. The molecule has 0 radical (unpaired) electrons. The van der Waals surface area contributed by atoms with E-state index in [4.69, 9.17) is 0 Å². The summed E-state index contributed by atoms with van der Waals surface area (Å²) in [5, 5.41) is 2.24. The summed E-state index contributed by atoms with van der Waals surface area (Å²) in [5.74, 6) is 4.13. The third kappa shape index (κ3) is 1.22. The molecule has 5 rings (SSSR count). The number of hydrogen-bond donors (Lipinski definition) is 0. The van der Waals surface area contributed by atoms with Crippen LogP contribution in [0, 0.1) is 23.7 Å². The van der Waals surface area contributed by atoms with Gasteiger partial charge in [-0.2, -0.15) is 0 Å². The summed E-state index contributed by atoms with van der Waals surface area (Å²) in [7, 11) is 0. The van der Waals surface area contributed by atoms with Crippen LogP contribution in [0.15, 0.2) is 22.6 Å². The lowest BCUT2D eigenvalue weighted by Gasteiger charge is -2.50. The fourth-order valence-electron chi connectivity index (χ4n) is 4.54. The van der Waals surface area contributed by atoms with Gasteiger partial charge in [-0.15, -0.1) is 0 Å². The average molecular weight is 217 g/mol. The molecule has 0 nitrogen and oxygen atoms in total. The van der Waals surface area contributed by atoms with Gasteiger partial charge in [0.05, 0.1) is 0 Å². The smallest absolute Gasteiger partial charge is 0.0475 e. The molecule has 0 saturated heterocycles. The highest BCUT2D eigenvalue weighted by Crippen LogP contribution is 2.57. The molecular formula is C14H17S+. The Balaban J connectivity index is 1.79. The van der Waals surface area contributed by atoms with Crippen LogP contribution in [-0.2, 0) is 11.4 Å². The molecule has 4 bridgehead atoms. The number of hydrogen-bond acceptors (Lipinski definition) is 0. The summed E-state index contributed by atoms with van der Waals surface area (Å²) in [6.45, 7) is 0. The molecule has 0 N–H and O–H groups in total. The molecule has 0 atom stereocenters. The molecule has 1 heteroatoms. The van der Waals surface area contributed by atoms with E-state index in [2.05, 4.69) is 17.5 Å². The van der Waals surface area contributed by atoms with Crippen molar-refractivity contribution in [2.24, 2.45) is 23.7 Å². The normalized spacial score (nSPS) is 45.9. The molecule has 0 unspecified atom stereocenters. The van der Waals surface area contributed by atoms with Crippen molar-refractivity contribution in [3.63, 3.8) is 0 Å². The summed E-state index contributed by atoms with van der Waals surface area (Å²) < 4.78 is 0. The molecule has 78 valence electrons. The highest BCUT2D eigenvalue weighted by Gasteiger charge is 2.47. The highest BCUT2D eigenvalue weighted by atomic mass is 32.1. The van der Waals surface area contributed by atoms with Crippen LogP contribution in [0.5, 0.6) is 0 Å². The topological polar surface area (TPSA) is 0 Å². The van der Waals surface area contributed by atoms with Gasteiger partial charge in [0, 0.05) is 17.7 Å². The first-order chi connectivity index (χ1) is 7.40. The van der Waals surface area contributed by atoms with Gasteiger partial charge < -0.3 is 0 Å². The van der Waals surface area contributed by atoms with Crippen molar-refractivity contribution in [1.82, 2.24) is 0 Å². The molecule has 0 aromatic carbocycles. The summed E-state index contributed by atoms with van der Waals surface area (Å²) in [4.78, 5) is 1.61. The molecular weight excluding hydrogens is 200 g/mol. The van der Waals surface area contributed by atoms with Gasteiger partial charge in [0.1, 0.15) is 0 Å². The molecule has 1 heterocycles. The predicted octanol–water partition coefficient (Wildman–Crippen LogP) is 3.15. The Kier molecular flexibility index (Phi) is 1.76. The molecule has 0 amide bonds.